The maximum atomic E-state index is 5.71. The van der Waals surface area contributed by atoms with E-state index in [2.05, 4.69) is 39.7 Å². The Labute approximate surface area is 164 Å². The molecule has 6 heteroatoms. The molecule has 1 aliphatic rings. The molecule has 152 valence electrons. The van der Waals surface area contributed by atoms with E-state index < -0.39 is 0 Å². The van der Waals surface area contributed by atoms with Crippen LogP contribution in [0, 0.1) is 5.92 Å². The number of aliphatic imine (C=N–C) groups is 1. The molecule has 2 N–H and O–H groups in total. The smallest absolute Gasteiger partial charge is 0.190 e. The maximum Gasteiger partial charge on any atom is 0.190 e. The first-order valence-corrected chi connectivity index (χ1v) is 10.2. The zero-order chi connectivity index (χ0) is 19.5. The zero-order valence-electron chi connectivity index (χ0n) is 17.4. The second kappa shape index (κ2) is 11.7. The quantitative estimate of drug-likeness (QED) is 0.512. The molecule has 1 heterocycles. The molecule has 0 aliphatic carbocycles. The number of ether oxygens (including phenoxy) is 2. The van der Waals surface area contributed by atoms with Gasteiger partial charge in [-0.2, -0.15) is 0 Å². The fourth-order valence-corrected chi connectivity index (χ4v) is 3.48. The van der Waals surface area contributed by atoms with Gasteiger partial charge in [0.15, 0.2) is 17.5 Å². The second-order valence-corrected chi connectivity index (χ2v) is 7.05. The summed E-state index contributed by atoms with van der Waals surface area (Å²) in [4.78, 5) is 6.75. The molecular weight excluding hydrogens is 340 g/mol. The van der Waals surface area contributed by atoms with E-state index in [1.54, 1.807) is 0 Å². The number of hydrogen-bond acceptors (Lipinski definition) is 4. The summed E-state index contributed by atoms with van der Waals surface area (Å²) in [5, 5.41) is 6.88. The SMILES string of the molecule is CCOc1ccc(CCNC(=NC)NCC2CCCN(C)C2)cc1OCC. The highest BCUT2D eigenvalue weighted by Crippen LogP contribution is 2.28. The largest absolute Gasteiger partial charge is 0.490 e. The van der Waals surface area contributed by atoms with Crippen LogP contribution in [0.25, 0.3) is 0 Å². The maximum absolute atomic E-state index is 5.71. The summed E-state index contributed by atoms with van der Waals surface area (Å²) in [7, 11) is 4.03. The Morgan fingerprint density at radius 3 is 2.67 bits per heavy atom. The number of rotatable bonds is 9. The van der Waals surface area contributed by atoms with E-state index in [1.807, 2.05) is 27.0 Å². The molecular formula is C21H36N4O2. The minimum atomic E-state index is 0.634. The van der Waals surface area contributed by atoms with Crippen molar-refractivity contribution in [3.8, 4) is 11.5 Å². The van der Waals surface area contributed by atoms with E-state index in [-0.39, 0.29) is 0 Å². The molecule has 0 amide bonds. The Kier molecular flexibility index (Phi) is 9.25. The molecule has 1 aliphatic heterocycles. The van der Waals surface area contributed by atoms with Crippen molar-refractivity contribution >= 4 is 5.96 Å². The fraction of sp³-hybridized carbons (Fsp3) is 0.667. The number of nitrogens with one attached hydrogen (secondary N) is 2. The third kappa shape index (κ3) is 7.29. The van der Waals surface area contributed by atoms with Crippen LogP contribution in [-0.4, -0.2) is 64.3 Å². The van der Waals surface area contributed by atoms with Gasteiger partial charge in [-0.15, -0.1) is 0 Å². The van der Waals surface area contributed by atoms with Crippen LogP contribution in [0.15, 0.2) is 23.2 Å². The first-order chi connectivity index (χ1) is 13.2. The van der Waals surface area contributed by atoms with E-state index in [0.29, 0.717) is 19.1 Å². The van der Waals surface area contributed by atoms with Crippen LogP contribution < -0.4 is 20.1 Å². The van der Waals surface area contributed by atoms with E-state index >= 15 is 0 Å². The normalized spacial score (nSPS) is 18.2. The lowest BCUT2D eigenvalue weighted by Crippen LogP contribution is -2.44. The number of piperidine rings is 1. The number of likely N-dealkylation sites (tertiary alicyclic amines) is 1. The van der Waals surface area contributed by atoms with Crippen LogP contribution in [0.3, 0.4) is 0 Å². The summed E-state index contributed by atoms with van der Waals surface area (Å²) in [6, 6.07) is 6.17. The highest BCUT2D eigenvalue weighted by atomic mass is 16.5. The zero-order valence-corrected chi connectivity index (χ0v) is 17.4. The standard InChI is InChI=1S/C21H36N4O2/c1-5-26-19-10-9-17(14-20(19)27-6-2)11-12-23-21(22-3)24-15-18-8-7-13-25(4)16-18/h9-10,14,18H,5-8,11-13,15-16H2,1-4H3,(H2,22,23,24). The van der Waals surface area contributed by atoms with Gasteiger partial charge in [-0.25, -0.2) is 0 Å². The van der Waals surface area contributed by atoms with Gasteiger partial charge in [-0.05, 0) is 70.3 Å². The Morgan fingerprint density at radius 1 is 1.19 bits per heavy atom. The van der Waals surface area contributed by atoms with Gasteiger partial charge >= 0.3 is 0 Å². The van der Waals surface area contributed by atoms with Gasteiger partial charge < -0.3 is 25.0 Å². The average Bonchev–Trinajstić information content (AvgIpc) is 2.67. The molecule has 6 nitrogen and oxygen atoms in total. The van der Waals surface area contributed by atoms with Crippen LogP contribution in [-0.2, 0) is 6.42 Å². The van der Waals surface area contributed by atoms with Crippen molar-refractivity contribution in [3.05, 3.63) is 23.8 Å². The fourth-order valence-electron chi connectivity index (χ4n) is 3.48. The minimum absolute atomic E-state index is 0.634. The molecule has 1 aromatic rings. The molecule has 1 unspecified atom stereocenters. The summed E-state index contributed by atoms with van der Waals surface area (Å²) < 4.78 is 11.3. The molecule has 0 spiro atoms. The van der Waals surface area contributed by atoms with Crippen molar-refractivity contribution in [2.45, 2.75) is 33.1 Å². The molecule has 0 radical (unpaired) electrons. The number of benzene rings is 1. The van der Waals surface area contributed by atoms with Crippen molar-refractivity contribution in [2.24, 2.45) is 10.9 Å². The molecule has 0 saturated carbocycles. The Hall–Kier alpha value is -1.95. The van der Waals surface area contributed by atoms with E-state index in [9.17, 15) is 0 Å². The predicted molar refractivity (Wildman–Crippen MR) is 112 cm³/mol. The lowest BCUT2D eigenvalue weighted by molar-refractivity contribution is 0.210. The first kappa shape index (κ1) is 21.4. The molecule has 2 rings (SSSR count). The third-order valence-electron chi connectivity index (χ3n) is 4.82. The lowest BCUT2D eigenvalue weighted by Gasteiger charge is -2.30. The van der Waals surface area contributed by atoms with Crippen LogP contribution in [0.5, 0.6) is 11.5 Å². The predicted octanol–water partition coefficient (Wildman–Crippen LogP) is 2.53. The second-order valence-electron chi connectivity index (χ2n) is 7.05. The number of guanidine groups is 1. The third-order valence-corrected chi connectivity index (χ3v) is 4.82. The first-order valence-electron chi connectivity index (χ1n) is 10.2. The van der Waals surface area contributed by atoms with Gasteiger partial charge in [0.25, 0.3) is 0 Å². The van der Waals surface area contributed by atoms with Gasteiger partial charge in [0.05, 0.1) is 13.2 Å². The Morgan fingerprint density at radius 2 is 1.96 bits per heavy atom. The van der Waals surface area contributed by atoms with Gasteiger partial charge in [0, 0.05) is 26.7 Å². The minimum Gasteiger partial charge on any atom is -0.490 e. The molecule has 1 saturated heterocycles. The molecule has 27 heavy (non-hydrogen) atoms. The van der Waals surface area contributed by atoms with E-state index in [0.717, 1.165) is 43.5 Å². The van der Waals surface area contributed by atoms with Gasteiger partial charge in [-0.3, -0.25) is 4.99 Å². The topological polar surface area (TPSA) is 58.1 Å². The summed E-state index contributed by atoms with van der Waals surface area (Å²) >= 11 is 0. The summed E-state index contributed by atoms with van der Waals surface area (Å²) in [6.07, 6.45) is 3.48. The molecule has 1 aromatic carbocycles. The van der Waals surface area contributed by atoms with Crippen molar-refractivity contribution in [3.63, 3.8) is 0 Å². The Balaban J connectivity index is 1.78. The van der Waals surface area contributed by atoms with Crippen LogP contribution in [0.2, 0.25) is 0 Å². The van der Waals surface area contributed by atoms with Gasteiger partial charge in [-0.1, -0.05) is 6.07 Å². The monoisotopic (exact) mass is 376 g/mol. The van der Waals surface area contributed by atoms with Crippen molar-refractivity contribution in [1.29, 1.82) is 0 Å². The van der Waals surface area contributed by atoms with Crippen molar-refractivity contribution in [2.75, 3.05) is 53.5 Å². The van der Waals surface area contributed by atoms with Gasteiger partial charge in [0.2, 0.25) is 0 Å². The number of hydrogen-bond donors (Lipinski definition) is 2. The molecule has 1 atom stereocenters. The molecule has 0 aromatic heterocycles. The van der Waals surface area contributed by atoms with Crippen molar-refractivity contribution < 1.29 is 9.47 Å². The van der Waals surface area contributed by atoms with Crippen LogP contribution in [0.1, 0.15) is 32.3 Å². The highest BCUT2D eigenvalue weighted by molar-refractivity contribution is 5.79. The Bertz CT molecular complexity index is 592. The van der Waals surface area contributed by atoms with Crippen molar-refractivity contribution in [1.82, 2.24) is 15.5 Å². The highest BCUT2D eigenvalue weighted by Gasteiger charge is 2.17. The molecule has 0 bridgehead atoms. The van der Waals surface area contributed by atoms with E-state index in [4.69, 9.17) is 9.47 Å². The molecule has 1 fully saturated rings. The van der Waals surface area contributed by atoms with Crippen LogP contribution >= 0.6 is 0 Å². The number of nitrogens with zero attached hydrogens (tertiary/aromatic N) is 2. The summed E-state index contributed by atoms with van der Waals surface area (Å²) in [5.74, 6) is 3.20. The lowest BCUT2D eigenvalue weighted by atomic mass is 9.99. The summed E-state index contributed by atoms with van der Waals surface area (Å²) in [5.41, 5.74) is 1.22. The van der Waals surface area contributed by atoms with Gasteiger partial charge in [0.1, 0.15) is 0 Å². The van der Waals surface area contributed by atoms with Crippen LogP contribution in [0.4, 0.5) is 0 Å². The summed E-state index contributed by atoms with van der Waals surface area (Å²) in [6.45, 7) is 9.42. The average molecular weight is 377 g/mol. The van der Waals surface area contributed by atoms with E-state index in [1.165, 1.54) is 24.9 Å².